The van der Waals surface area contributed by atoms with Gasteiger partial charge in [-0.25, -0.2) is 18.1 Å². The van der Waals surface area contributed by atoms with Gasteiger partial charge in [0.1, 0.15) is 5.01 Å². The zero-order valence-corrected chi connectivity index (χ0v) is 19.0. The van der Waals surface area contributed by atoms with Crippen molar-refractivity contribution in [1.82, 2.24) is 14.6 Å². The van der Waals surface area contributed by atoms with Crippen LogP contribution >= 0.6 is 11.3 Å². The number of hydrogen-bond donors (Lipinski definition) is 1. The van der Waals surface area contributed by atoms with E-state index in [-0.39, 0.29) is 23.4 Å². The summed E-state index contributed by atoms with van der Waals surface area (Å²) in [6, 6.07) is 12.2. The number of rotatable bonds is 5. The number of ether oxygens (including phenoxy) is 2. The Morgan fingerprint density at radius 1 is 1.12 bits per heavy atom. The van der Waals surface area contributed by atoms with Gasteiger partial charge in [0.2, 0.25) is 15.9 Å². The second-order valence-electron chi connectivity index (χ2n) is 7.75. The molecule has 0 aliphatic carbocycles. The van der Waals surface area contributed by atoms with E-state index in [1.807, 2.05) is 24.3 Å². The number of nitrogens with zero attached hydrogens (tertiary/aromatic N) is 2. The summed E-state index contributed by atoms with van der Waals surface area (Å²) >= 11 is 1.58. The maximum atomic E-state index is 12.9. The minimum Gasteiger partial charge on any atom is -0.490 e. The molecule has 168 valence electrons. The number of sulfonamides is 1. The maximum absolute atomic E-state index is 12.9. The summed E-state index contributed by atoms with van der Waals surface area (Å²) in [5.41, 5.74) is 0.918. The minimum atomic E-state index is -3.88. The molecule has 1 amide bonds. The zero-order valence-electron chi connectivity index (χ0n) is 17.3. The Kier molecular flexibility index (Phi) is 5.75. The normalized spacial score (nSPS) is 18.6. The molecule has 1 fully saturated rings. The fourth-order valence-electron chi connectivity index (χ4n) is 4.01. The number of fused-ring (bicyclic) bond motifs is 2. The van der Waals surface area contributed by atoms with E-state index in [1.54, 1.807) is 22.3 Å². The SMILES string of the molecule is O=C(CNS(=O)(=O)c1ccc2c(c1)OCCCO2)N1CCCC1c1nc2ccccc2s1. The van der Waals surface area contributed by atoms with Crippen molar-refractivity contribution in [2.45, 2.75) is 30.2 Å². The van der Waals surface area contributed by atoms with Crippen molar-refractivity contribution in [3.8, 4) is 11.5 Å². The number of thiazole rings is 1. The van der Waals surface area contributed by atoms with E-state index in [1.165, 1.54) is 12.1 Å². The van der Waals surface area contributed by atoms with E-state index >= 15 is 0 Å². The van der Waals surface area contributed by atoms with Crippen molar-refractivity contribution in [3.05, 3.63) is 47.5 Å². The van der Waals surface area contributed by atoms with Crippen LogP contribution in [0.1, 0.15) is 30.3 Å². The van der Waals surface area contributed by atoms with Gasteiger partial charge >= 0.3 is 0 Å². The molecule has 3 heterocycles. The molecule has 2 aromatic carbocycles. The van der Waals surface area contributed by atoms with E-state index in [4.69, 9.17) is 14.5 Å². The van der Waals surface area contributed by atoms with Crippen LogP contribution in [-0.4, -0.2) is 50.5 Å². The van der Waals surface area contributed by atoms with Crippen molar-refractivity contribution in [1.29, 1.82) is 0 Å². The number of nitrogens with one attached hydrogen (secondary N) is 1. The summed E-state index contributed by atoms with van der Waals surface area (Å²) in [4.78, 5) is 19.4. The Hall–Kier alpha value is -2.69. The highest BCUT2D eigenvalue weighted by Crippen LogP contribution is 2.36. The van der Waals surface area contributed by atoms with Gasteiger partial charge < -0.3 is 14.4 Å². The van der Waals surface area contributed by atoms with Gasteiger partial charge in [-0.05, 0) is 37.1 Å². The number of amides is 1. The van der Waals surface area contributed by atoms with Gasteiger partial charge in [0.15, 0.2) is 11.5 Å². The molecule has 1 unspecified atom stereocenters. The van der Waals surface area contributed by atoms with Crippen LogP contribution in [0.3, 0.4) is 0 Å². The van der Waals surface area contributed by atoms with Crippen molar-refractivity contribution in [2.24, 2.45) is 0 Å². The predicted molar refractivity (Wildman–Crippen MR) is 121 cm³/mol. The van der Waals surface area contributed by atoms with Crippen LogP contribution in [0.2, 0.25) is 0 Å². The van der Waals surface area contributed by atoms with Crippen molar-refractivity contribution < 1.29 is 22.7 Å². The molecule has 32 heavy (non-hydrogen) atoms. The molecule has 10 heteroatoms. The van der Waals surface area contributed by atoms with E-state index in [0.29, 0.717) is 31.3 Å². The van der Waals surface area contributed by atoms with Crippen LogP contribution in [0.15, 0.2) is 47.4 Å². The molecule has 0 spiro atoms. The number of carbonyl (C=O) groups is 1. The highest BCUT2D eigenvalue weighted by Gasteiger charge is 2.32. The number of para-hydroxylation sites is 1. The van der Waals surface area contributed by atoms with Crippen LogP contribution in [0.4, 0.5) is 0 Å². The van der Waals surface area contributed by atoms with Crippen LogP contribution in [0, 0.1) is 0 Å². The zero-order chi connectivity index (χ0) is 22.1. The molecule has 2 aliphatic heterocycles. The number of benzene rings is 2. The summed E-state index contributed by atoms with van der Waals surface area (Å²) in [6.45, 7) is 1.27. The van der Waals surface area contributed by atoms with Gasteiger partial charge in [-0.3, -0.25) is 4.79 Å². The van der Waals surface area contributed by atoms with Gasteiger partial charge in [0.05, 0.1) is 40.9 Å². The second-order valence-corrected chi connectivity index (χ2v) is 10.6. The molecular formula is C22H23N3O5S2. The van der Waals surface area contributed by atoms with Crippen LogP contribution < -0.4 is 14.2 Å². The Labute approximate surface area is 190 Å². The molecule has 3 aromatic rings. The number of aromatic nitrogens is 1. The average Bonchev–Trinajstić information content (AvgIpc) is 3.38. The molecule has 1 saturated heterocycles. The molecule has 0 radical (unpaired) electrons. The molecule has 1 atom stereocenters. The van der Waals surface area contributed by atoms with Crippen molar-refractivity contribution in [2.75, 3.05) is 26.3 Å². The number of likely N-dealkylation sites (tertiary alicyclic amines) is 1. The third-order valence-electron chi connectivity index (χ3n) is 5.61. The van der Waals surface area contributed by atoms with Crippen LogP contribution in [0.5, 0.6) is 11.5 Å². The van der Waals surface area contributed by atoms with E-state index in [0.717, 1.165) is 34.5 Å². The largest absolute Gasteiger partial charge is 0.490 e. The van der Waals surface area contributed by atoms with Gasteiger partial charge in [-0.15, -0.1) is 11.3 Å². The Bertz CT molecular complexity index is 1220. The fraction of sp³-hybridized carbons (Fsp3) is 0.364. The molecule has 5 rings (SSSR count). The first-order valence-electron chi connectivity index (χ1n) is 10.6. The standard InChI is InChI=1S/C22H23N3O5S2/c26-21(25-10-3-6-17(25)22-24-16-5-1-2-7-20(16)31-22)14-23-32(27,28)15-8-9-18-19(13-15)30-12-4-11-29-18/h1-2,5,7-9,13,17,23H,3-4,6,10-12,14H2. The third kappa shape index (κ3) is 4.17. The number of carbonyl (C=O) groups excluding carboxylic acids is 1. The summed E-state index contributed by atoms with van der Waals surface area (Å²) < 4.78 is 40.3. The Morgan fingerprint density at radius 3 is 2.78 bits per heavy atom. The lowest BCUT2D eigenvalue weighted by atomic mass is 10.2. The van der Waals surface area contributed by atoms with Gasteiger partial charge in [-0.2, -0.15) is 0 Å². The van der Waals surface area contributed by atoms with Gasteiger partial charge in [0, 0.05) is 19.0 Å². The van der Waals surface area contributed by atoms with E-state index < -0.39 is 10.0 Å². The maximum Gasteiger partial charge on any atom is 0.241 e. The fourth-order valence-corrected chi connectivity index (χ4v) is 6.11. The highest BCUT2D eigenvalue weighted by molar-refractivity contribution is 7.89. The molecular weight excluding hydrogens is 450 g/mol. The van der Waals surface area contributed by atoms with Crippen LogP contribution in [-0.2, 0) is 14.8 Å². The monoisotopic (exact) mass is 473 g/mol. The third-order valence-corrected chi connectivity index (χ3v) is 8.15. The Balaban J connectivity index is 1.28. The van der Waals surface area contributed by atoms with Crippen molar-refractivity contribution >= 4 is 37.5 Å². The lowest BCUT2D eigenvalue weighted by molar-refractivity contribution is -0.130. The lowest BCUT2D eigenvalue weighted by Crippen LogP contribution is -2.39. The molecule has 2 aliphatic rings. The first-order chi connectivity index (χ1) is 15.5. The molecule has 0 bridgehead atoms. The first kappa shape index (κ1) is 21.2. The molecule has 8 nitrogen and oxygen atoms in total. The molecule has 0 saturated carbocycles. The van der Waals surface area contributed by atoms with Gasteiger partial charge in [0.25, 0.3) is 0 Å². The van der Waals surface area contributed by atoms with E-state index in [2.05, 4.69) is 4.72 Å². The summed E-state index contributed by atoms with van der Waals surface area (Å²) in [6.07, 6.45) is 2.41. The molecule has 1 aromatic heterocycles. The minimum absolute atomic E-state index is 0.0405. The smallest absolute Gasteiger partial charge is 0.241 e. The predicted octanol–water partition coefficient (Wildman–Crippen LogP) is 3.10. The highest BCUT2D eigenvalue weighted by atomic mass is 32.2. The van der Waals surface area contributed by atoms with Gasteiger partial charge in [-0.1, -0.05) is 12.1 Å². The quantitative estimate of drug-likeness (QED) is 0.612. The molecule has 1 N–H and O–H groups in total. The lowest BCUT2D eigenvalue weighted by Gasteiger charge is -2.23. The Morgan fingerprint density at radius 2 is 1.94 bits per heavy atom. The average molecular weight is 474 g/mol. The second kappa shape index (κ2) is 8.68. The van der Waals surface area contributed by atoms with Crippen LogP contribution in [0.25, 0.3) is 10.2 Å². The topological polar surface area (TPSA) is 97.8 Å². The van der Waals surface area contributed by atoms with Crippen molar-refractivity contribution in [3.63, 3.8) is 0 Å². The number of hydrogen-bond acceptors (Lipinski definition) is 7. The van der Waals surface area contributed by atoms with E-state index in [9.17, 15) is 13.2 Å². The first-order valence-corrected chi connectivity index (χ1v) is 12.9. The summed E-state index contributed by atoms with van der Waals surface area (Å²) in [5, 5.41) is 0.891. The summed E-state index contributed by atoms with van der Waals surface area (Å²) in [5.74, 6) is 0.657. The summed E-state index contributed by atoms with van der Waals surface area (Å²) in [7, 11) is -3.88.